The third-order valence-corrected chi connectivity index (χ3v) is 4.28. The zero-order valence-corrected chi connectivity index (χ0v) is 10.7. The Labute approximate surface area is 111 Å². The number of carboxylic acid groups (broad SMARTS) is 1. The lowest BCUT2D eigenvalue weighted by Crippen LogP contribution is -2.51. The molecule has 1 aromatic rings. The topological polar surface area (TPSA) is 70.0 Å². The highest BCUT2D eigenvalue weighted by Crippen LogP contribution is 2.45. The Morgan fingerprint density at radius 2 is 2.26 bits per heavy atom. The normalized spacial score (nSPS) is 29.5. The number of anilines is 1. The fraction of sp³-hybridized carbons (Fsp3) is 0.500. The summed E-state index contributed by atoms with van der Waals surface area (Å²) in [5.74, 6) is -1.24. The Bertz CT molecular complexity index is 516. The Balaban J connectivity index is 2.13. The molecule has 0 radical (unpaired) electrons. The summed E-state index contributed by atoms with van der Waals surface area (Å²) < 4.78 is 5.47. The molecule has 0 aromatic heterocycles. The molecule has 19 heavy (non-hydrogen) atoms. The number of hydrogen-bond donors (Lipinski definition) is 2. The van der Waals surface area contributed by atoms with E-state index in [1.807, 2.05) is 7.05 Å². The molecule has 3 atom stereocenters. The first-order chi connectivity index (χ1) is 9.09. The summed E-state index contributed by atoms with van der Waals surface area (Å²) in [7, 11) is 1.96. The van der Waals surface area contributed by atoms with Crippen LogP contribution in [0.15, 0.2) is 18.2 Å². The number of carboxylic acids is 1. The van der Waals surface area contributed by atoms with Gasteiger partial charge in [-0.25, -0.2) is 0 Å². The molecule has 0 amide bonds. The van der Waals surface area contributed by atoms with Crippen LogP contribution in [0.1, 0.15) is 17.9 Å². The highest BCUT2D eigenvalue weighted by atomic mass is 16.5. The van der Waals surface area contributed by atoms with Gasteiger partial charge >= 0.3 is 5.97 Å². The van der Waals surface area contributed by atoms with Gasteiger partial charge in [-0.2, -0.15) is 0 Å². The maximum atomic E-state index is 11.6. The number of phenols is 1. The van der Waals surface area contributed by atoms with Crippen molar-refractivity contribution >= 4 is 11.7 Å². The van der Waals surface area contributed by atoms with E-state index in [4.69, 9.17) is 4.74 Å². The van der Waals surface area contributed by atoms with E-state index in [2.05, 4.69) is 4.90 Å². The van der Waals surface area contributed by atoms with Crippen LogP contribution in [-0.4, -0.2) is 42.5 Å². The van der Waals surface area contributed by atoms with Gasteiger partial charge in [0, 0.05) is 37.4 Å². The second-order valence-corrected chi connectivity index (χ2v) is 5.26. The second-order valence-electron chi connectivity index (χ2n) is 5.26. The predicted octanol–water partition coefficient (Wildman–Crippen LogP) is 1.42. The third kappa shape index (κ3) is 1.85. The van der Waals surface area contributed by atoms with Crippen molar-refractivity contribution in [3.8, 4) is 5.75 Å². The number of fused-ring (bicyclic) bond motifs is 2. The van der Waals surface area contributed by atoms with Crippen molar-refractivity contribution in [2.75, 3.05) is 25.2 Å². The Hall–Kier alpha value is -1.75. The number of aromatic hydroxyl groups is 1. The quantitative estimate of drug-likeness (QED) is 0.801. The highest BCUT2D eigenvalue weighted by Gasteiger charge is 2.44. The average Bonchev–Trinajstić information content (AvgIpc) is 2.39. The lowest BCUT2D eigenvalue weighted by Gasteiger charge is -2.46. The van der Waals surface area contributed by atoms with Gasteiger partial charge in [-0.15, -0.1) is 0 Å². The minimum absolute atomic E-state index is 0.0340. The van der Waals surface area contributed by atoms with Crippen molar-refractivity contribution in [1.29, 1.82) is 0 Å². The first-order valence-corrected chi connectivity index (χ1v) is 6.46. The molecule has 5 heteroatoms. The first kappa shape index (κ1) is 12.3. The van der Waals surface area contributed by atoms with Crippen molar-refractivity contribution < 1.29 is 19.7 Å². The molecule has 1 fully saturated rings. The summed E-state index contributed by atoms with van der Waals surface area (Å²) in [4.78, 5) is 13.7. The molecule has 0 spiro atoms. The largest absolute Gasteiger partial charge is 0.508 e. The van der Waals surface area contributed by atoms with E-state index in [1.165, 1.54) is 0 Å². The molecule has 2 N–H and O–H groups in total. The van der Waals surface area contributed by atoms with Crippen molar-refractivity contribution in [2.45, 2.75) is 18.4 Å². The van der Waals surface area contributed by atoms with Crippen molar-refractivity contribution in [1.82, 2.24) is 0 Å². The van der Waals surface area contributed by atoms with Gasteiger partial charge in [0.05, 0.1) is 12.5 Å². The molecule has 2 aliphatic rings. The number of phenolic OH excluding ortho intramolecular Hbond substituents is 1. The van der Waals surface area contributed by atoms with Crippen LogP contribution in [0.4, 0.5) is 5.69 Å². The standard InChI is InChI=1S/C14H17NO4/c1-15-11-4-5-19-7-10(11)13(14(17)18)9-3-2-8(16)6-12(9)15/h2-3,6,10-11,13,16H,4-5,7H2,1H3,(H,17,18). The molecule has 5 nitrogen and oxygen atoms in total. The number of ether oxygens (including phenoxy) is 1. The van der Waals surface area contributed by atoms with Crippen LogP contribution in [0, 0.1) is 5.92 Å². The molecule has 3 unspecified atom stereocenters. The van der Waals surface area contributed by atoms with Crippen molar-refractivity contribution in [3.05, 3.63) is 23.8 Å². The maximum absolute atomic E-state index is 11.6. The summed E-state index contributed by atoms with van der Waals surface area (Å²) in [5, 5.41) is 19.2. The van der Waals surface area contributed by atoms with Gasteiger partial charge in [-0.3, -0.25) is 4.79 Å². The first-order valence-electron chi connectivity index (χ1n) is 6.46. The van der Waals surface area contributed by atoms with E-state index in [1.54, 1.807) is 18.2 Å². The number of rotatable bonds is 1. The van der Waals surface area contributed by atoms with E-state index in [0.717, 1.165) is 17.7 Å². The number of carbonyl (C=O) groups is 1. The summed E-state index contributed by atoms with van der Waals surface area (Å²) in [6.07, 6.45) is 0.819. The minimum atomic E-state index is -0.819. The summed E-state index contributed by atoms with van der Waals surface area (Å²) in [6.45, 7) is 1.14. The predicted molar refractivity (Wildman–Crippen MR) is 69.6 cm³/mol. The van der Waals surface area contributed by atoms with E-state index < -0.39 is 11.9 Å². The van der Waals surface area contributed by atoms with E-state index in [-0.39, 0.29) is 17.7 Å². The van der Waals surface area contributed by atoms with Crippen LogP contribution in [0.5, 0.6) is 5.75 Å². The van der Waals surface area contributed by atoms with Crippen LogP contribution in [0.2, 0.25) is 0 Å². The SMILES string of the molecule is CN1c2cc(O)ccc2C(C(=O)O)C2COCCC21. The molecular weight excluding hydrogens is 246 g/mol. The van der Waals surface area contributed by atoms with Crippen molar-refractivity contribution in [2.24, 2.45) is 5.92 Å². The third-order valence-electron chi connectivity index (χ3n) is 4.28. The van der Waals surface area contributed by atoms with Gasteiger partial charge in [0.15, 0.2) is 0 Å². The summed E-state index contributed by atoms with van der Waals surface area (Å²) in [6, 6.07) is 5.07. The van der Waals surface area contributed by atoms with Gasteiger partial charge in [-0.05, 0) is 18.1 Å². The van der Waals surface area contributed by atoms with Crippen LogP contribution < -0.4 is 4.90 Å². The Morgan fingerprint density at radius 1 is 1.47 bits per heavy atom. The molecule has 1 saturated heterocycles. The number of benzene rings is 1. The molecule has 2 aliphatic heterocycles. The van der Waals surface area contributed by atoms with E-state index in [9.17, 15) is 15.0 Å². The van der Waals surface area contributed by atoms with Gasteiger partial charge in [0.25, 0.3) is 0 Å². The van der Waals surface area contributed by atoms with Crippen LogP contribution in [0.3, 0.4) is 0 Å². The summed E-state index contributed by atoms with van der Waals surface area (Å²) >= 11 is 0. The summed E-state index contributed by atoms with van der Waals surface area (Å²) in [5.41, 5.74) is 1.58. The average molecular weight is 263 g/mol. The van der Waals surface area contributed by atoms with Crippen LogP contribution >= 0.6 is 0 Å². The highest BCUT2D eigenvalue weighted by molar-refractivity contribution is 5.81. The van der Waals surface area contributed by atoms with Gasteiger partial charge in [0.1, 0.15) is 5.75 Å². The molecule has 102 valence electrons. The smallest absolute Gasteiger partial charge is 0.311 e. The fourth-order valence-corrected chi connectivity index (χ4v) is 3.37. The lowest BCUT2D eigenvalue weighted by atomic mass is 9.75. The van der Waals surface area contributed by atoms with Gasteiger partial charge in [0.2, 0.25) is 0 Å². The van der Waals surface area contributed by atoms with E-state index in [0.29, 0.717) is 13.2 Å². The van der Waals surface area contributed by atoms with Gasteiger partial charge in [-0.1, -0.05) is 6.07 Å². The molecular formula is C14H17NO4. The molecule has 0 aliphatic carbocycles. The van der Waals surface area contributed by atoms with Crippen molar-refractivity contribution in [3.63, 3.8) is 0 Å². The lowest BCUT2D eigenvalue weighted by molar-refractivity contribution is -0.142. The molecule has 1 aromatic carbocycles. The van der Waals surface area contributed by atoms with Gasteiger partial charge < -0.3 is 19.8 Å². The monoisotopic (exact) mass is 263 g/mol. The van der Waals surface area contributed by atoms with Crippen LogP contribution in [-0.2, 0) is 9.53 Å². The number of aliphatic carboxylic acids is 1. The Kier molecular flexibility index (Phi) is 2.86. The van der Waals surface area contributed by atoms with E-state index >= 15 is 0 Å². The van der Waals surface area contributed by atoms with Crippen LogP contribution in [0.25, 0.3) is 0 Å². The fourth-order valence-electron chi connectivity index (χ4n) is 3.37. The molecule has 0 saturated carbocycles. The molecule has 3 rings (SSSR count). The zero-order valence-electron chi connectivity index (χ0n) is 10.7. The maximum Gasteiger partial charge on any atom is 0.311 e. The second kappa shape index (κ2) is 4.42. The zero-order chi connectivity index (χ0) is 13.6. The molecule has 0 bridgehead atoms. The number of nitrogens with zero attached hydrogens (tertiary/aromatic N) is 1. The minimum Gasteiger partial charge on any atom is -0.508 e. The number of hydrogen-bond acceptors (Lipinski definition) is 4. The Morgan fingerprint density at radius 3 is 3.00 bits per heavy atom. The molecule has 2 heterocycles.